The van der Waals surface area contributed by atoms with Crippen molar-refractivity contribution in [2.24, 2.45) is 0 Å². The van der Waals surface area contributed by atoms with Gasteiger partial charge in [0.25, 0.3) is 0 Å². The van der Waals surface area contributed by atoms with E-state index >= 15 is 0 Å². The molecule has 1 N–H and O–H groups in total. The van der Waals surface area contributed by atoms with Crippen LogP contribution in [0.4, 0.5) is 0 Å². The standard InChI is InChI=1S/C10H12N6S/c1-3-4-8-13-14-10-16(8)15-9(17-10)7-5-6(2)11-12-7/h5H,3-4H2,1-2H3,(H,11,12). The minimum absolute atomic E-state index is 0.823. The number of hydrogen-bond acceptors (Lipinski definition) is 5. The Hall–Kier alpha value is -1.76. The molecule has 3 aromatic rings. The summed E-state index contributed by atoms with van der Waals surface area (Å²) in [5.41, 5.74) is 1.89. The van der Waals surface area contributed by atoms with Gasteiger partial charge in [0.1, 0.15) is 5.69 Å². The molecule has 88 valence electrons. The van der Waals surface area contributed by atoms with Crippen LogP contribution in [0.2, 0.25) is 0 Å². The Morgan fingerprint density at radius 2 is 2.29 bits per heavy atom. The van der Waals surface area contributed by atoms with Gasteiger partial charge in [-0.1, -0.05) is 18.3 Å². The third-order valence-corrected chi connectivity index (χ3v) is 3.38. The van der Waals surface area contributed by atoms with Crippen molar-refractivity contribution in [3.05, 3.63) is 17.6 Å². The van der Waals surface area contributed by atoms with Crippen LogP contribution >= 0.6 is 11.3 Å². The second kappa shape index (κ2) is 3.92. The van der Waals surface area contributed by atoms with Crippen molar-refractivity contribution < 1.29 is 0 Å². The van der Waals surface area contributed by atoms with Crippen LogP contribution in [0, 0.1) is 6.92 Å². The first kappa shape index (κ1) is 10.4. The topological polar surface area (TPSA) is 71.8 Å². The summed E-state index contributed by atoms with van der Waals surface area (Å²) >= 11 is 1.51. The molecule has 0 atom stereocenters. The normalized spacial score (nSPS) is 11.4. The van der Waals surface area contributed by atoms with Crippen LogP contribution in [0.5, 0.6) is 0 Å². The van der Waals surface area contributed by atoms with E-state index in [0.29, 0.717) is 0 Å². The van der Waals surface area contributed by atoms with E-state index in [-0.39, 0.29) is 0 Å². The molecule has 3 heterocycles. The van der Waals surface area contributed by atoms with Gasteiger partial charge in [0.15, 0.2) is 10.8 Å². The maximum Gasteiger partial charge on any atom is 0.235 e. The molecular formula is C10H12N6S. The van der Waals surface area contributed by atoms with Crippen molar-refractivity contribution in [1.82, 2.24) is 30.0 Å². The summed E-state index contributed by atoms with van der Waals surface area (Å²) in [5, 5.41) is 20.7. The summed E-state index contributed by atoms with van der Waals surface area (Å²) in [4.78, 5) is 0.823. The molecule has 0 aliphatic heterocycles. The van der Waals surface area contributed by atoms with Crippen molar-refractivity contribution in [3.8, 4) is 10.7 Å². The van der Waals surface area contributed by atoms with Gasteiger partial charge in [-0.05, 0) is 19.4 Å². The molecular weight excluding hydrogens is 236 g/mol. The summed E-state index contributed by atoms with van der Waals surface area (Å²) in [6.45, 7) is 4.09. The predicted octanol–water partition coefficient (Wildman–Crippen LogP) is 1.84. The van der Waals surface area contributed by atoms with Crippen LogP contribution in [0.3, 0.4) is 0 Å². The minimum Gasteiger partial charge on any atom is -0.282 e. The zero-order valence-electron chi connectivity index (χ0n) is 9.64. The first-order valence-corrected chi connectivity index (χ1v) is 6.33. The van der Waals surface area contributed by atoms with Crippen LogP contribution in [0.25, 0.3) is 15.7 Å². The lowest BCUT2D eigenvalue weighted by Crippen LogP contribution is -1.95. The zero-order chi connectivity index (χ0) is 11.8. The molecule has 0 saturated heterocycles. The quantitative estimate of drug-likeness (QED) is 0.767. The molecule has 0 amide bonds. The Balaban J connectivity index is 2.07. The number of aryl methyl sites for hydroxylation is 2. The van der Waals surface area contributed by atoms with Crippen LogP contribution in [-0.2, 0) is 6.42 Å². The monoisotopic (exact) mass is 248 g/mol. The third-order valence-electron chi connectivity index (χ3n) is 2.45. The molecule has 0 aliphatic carbocycles. The van der Waals surface area contributed by atoms with E-state index in [4.69, 9.17) is 0 Å². The fraction of sp³-hybridized carbons (Fsp3) is 0.400. The van der Waals surface area contributed by atoms with Crippen molar-refractivity contribution in [2.75, 3.05) is 0 Å². The fourth-order valence-corrected chi connectivity index (χ4v) is 2.49. The van der Waals surface area contributed by atoms with E-state index in [1.165, 1.54) is 11.3 Å². The first-order chi connectivity index (χ1) is 8.28. The van der Waals surface area contributed by atoms with E-state index in [1.54, 1.807) is 0 Å². The Bertz CT molecular complexity index is 649. The van der Waals surface area contributed by atoms with Gasteiger partial charge in [-0.15, -0.1) is 10.2 Å². The molecule has 3 rings (SSSR count). The molecule has 0 bridgehead atoms. The smallest absolute Gasteiger partial charge is 0.235 e. The van der Waals surface area contributed by atoms with Gasteiger partial charge in [-0.2, -0.15) is 14.7 Å². The summed E-state index contributed by atoms with van der Waals surface area (Å²) in [6, 6.07) is 1.98. The average Bonchev–Trinajstić information content (AvgIpc) is 2.95. The van der Waals surface area contributed by atoms with Crippen molar-refractivity contribution in [3.63, 3.8) is 0 Å². The molecule has 0 saturated carbocycles. The number of aromatic nitrogens is 6. The fourth-order valence-electron chi connectivity index (χ4n) is 1.67. The second-order valence-corrected chi connectivity index (χ2v) is 4.86. The molecule has 7 heteroatoms. The number of hydrogen-bond donors (Lipinski definition) is 1. The first-order valence-electron chi connectivity index (χ1n) is 5.51. The number of rotatable bonds is 3. The maximum atomic E-state index is 4.50. The summed E-state index contributed by atoms with van der Waals surface area (Å²) < 4.78 is 1.81. The van der Waals surface area contributed by atoms with Crippen LogP contribution in [0.15, 0.2) is 6.07 Å². The number of H-pyrrole nitrogens is 1. The van der Waals surface area contributed by atoms with Crippen LogP contribution < -0.4 is 0 Å². The lowest BCUT2D eigenvalue weighted by Gasteiger charge is -1.90. The molecule has 0 aromatic carbocycles. The molecule has 3 aromatic heterocycles. The summed E-state index contributed by atoms with van der Waals surface area (Å²) in [5.74, 6) is 0.914. The van der Waals surface area contributed by atoms with Crippen molar-refractivity contribution in [1.29, 1.82) is 0 Å². The van der Waals surface area contributed by atoms with Gasteiger partial charge >= 0.3 is 0 Å². The van der Waals surface area contributed by atoms with Gasteiger partial charge < -0.3 is 0 Å². The van der Waals surface area contributed by atoms with Gasteiger partial charge in [-0.3, -0.25) is 5.10 Å². The van der Waals surface area contributed by atoms with E-state index in [2.05, 4.69) is 32.4 Å². The van der Waals surface area contributed by atoms with Gasteiger partial charge in [0.05, 0.1) is 0 Å². The van der Waals surface area contributed by atoms with Crippen molar-refractivity contribution in [2.45, 2.75) is 26.7 Å². The number of nitrogens with one attached hydrogen (secondary N) is 1. The van der Waals surface area contributed by atoms with Gasteiger partial charge in [0.2, 0.25) is 4.96 Å². The molecule has 0 unspecified atom stereocenters. The number of nitrogens with zero attached hydrogens (tertiary/aromatic N) is 5. The zero-order valence-corrected chi connectivity index (χ0v) is 10.5. The third kappa shape index (κ3) is 1.72. The highest BCUT2D eigenvalue weighted by atomic mass is 32.1. The Kier molecular flexibility index (Phi) is 2.40. The Labute approximate surface area is 102 Å². The van der Waals surface area contributed by atoms with E-state index in [9.17, 15) is 0 Å². The molecule has 17 heavy (non-hydrogen) atoms. The van der Waals surface area contributed by atoms with Gasteiger partial charge in [-0.25, -0.2) is 0 Å². The van der Waals surface area contributed by atoms with Crippen LogP contribution in [0.1, 0.15) is 24.9 Å². The van der Waals surface area contributed by atoms with Gasteiger partial charge in [0, 0.05) is 12.1 Å². The lowest BCUT2D eigenvalue weighted by molar-refractivity contribution is 0.778. The molecule has 0 fully saturated rings. The van der Waals surface area contributed by atoms with Crippen molar-refractivity contribution >= 4 is 16.3 Å². The highest BCUT2D eigenvalue weighted by Gasteiger charge is 2.13. The highest BCUT2D eigenvalue weighted by molar-refractivity contribution is 7.19. The molecule has 0 spiro atoms. The number of fused-ring (bicyclic) bond motifs is 1. The Morgan fingerprint density at radius 3 is 3.00 bits per heavy atom. The average molecular weight is 248 g/mol. The highest BCUT2D eigenvalue weighted by Crippen LogP contribution is 2.24. The molecule has 6 nitrogen and oxygen atoms in total. The number of aromatic amines is 1. The van der Waals surface area contributed by atoms with E-state index < -0.39 is 0 Å². The molecule has 0 radical (unpaired) electrons. The van der Waals surface area contributed by atoms with Crippen LogP contribution in [-0.4, -0.2) is 30.0 Å². The minimum atomic E-state index is 0.823. The Morgan fingerprint density at radius 1 is 1.41 bits per heavy atom. The summed E-state index contributed by atoms with van der Waals surface area (Å²) in [7, 11) is 0. The molecule has 0 aliphatic rings. The maximum absolute atomic E-state index is 4.50. The second-order valence-electron chi connectivity index (χ2n) is 3.90. The largest absolute Gasteiger partial charge is 0.282 e. The lowest BCUT2D eigenvalue weighted by atomic mass is 10.3. The predicted molar refractivity (Wildman–Crippen MR) is 65.0 cm³/mol. The summed E-state index contributed by atoms with van der Waals surface area (Å²) in [6.07, 6.45) is 1.93. The van der Waals surface area contributed by atoms with E-state index in [1.807, 2.05) is 17.5 Å². The van der Waals surface area contributed by atoms with E-state index in [0.717, 1.165) is 40.0 Å². The SMILES string of the molecule is CCCc1nnc2sc(-c3cc(C)[nH]n3)nn12.